The molecule has 1 aliphatic rings. The van der Waals surface area contributed by atoms with E-state index in [1.54, 1.807) is 0 Å². The summed E-state index contributed by atoms with van der Waals surface area (Å²) in [5, 5.41) is 15.4. The van der Waals surface area contributed by atoms with E-state index in [1.165, 1.54) is 29.6 Å². The number of pyridine rings is 1. The first-order valence-corrected chi connectivity index (χ1v) is 9.87. The molecule has 4 heterocycles. The minimum atomic E-state index is -4.42. The number of carbonyl (C=O) groups excluding carboxylic acids is 1. The van der Waals surface area contributed by atoms with Crippen LogP contribution in [0.4, 0.5) is 28.6 Å². The highest BCUT2D eigenvalue weighted by Gasteiger charge is 2.32. The lowest BCUT2D eigenvalue weighted by atomic mass is 10.3. The Kier molecular flexibility index (Phi) is 4.79. The topological polar surface area (TPSA) is 95.9 Å². The van der Waals surface area contributed by atoms with E-state index in [-0.39, 0.29) is 11.9 Å². The molecule has 2 N–H and O–H groups in total. The summed E-state index contributed by atoms with van der Waals surface area (Å²) >= 11 is 2.44. The molecule has 3 aromatic heterocycles. The van der Waals surface area contributed by atoms with Crippen LogP contribution in [0, 0.1) is 0 Å². The average Bonchev–Trinajstić information content (AvgIpc) is 3.32. The Morgan fingerprint density at radius 3 is 2.82 bits per heavy atom. The van der Waals surface area contributed by atoms with Crippen molar-refractivity contribution in [2.45, 2.75) is 25.6 Å². The lowest BCUT2D eigenvalue weighted by Gasteiger charge is -2.14. The van der Waals surface area contributed by atoms with Crippen LogP contribution >= 0.6 is 22.7 Å². The molecule has 1 amide bonds. The molecule has 1 fully saturated rings. The van der Waals surface area contributed by atoms with Crippen LogP contribution in [0.2, 0.25) is 0 Å². The molecule has 28 heavy (non-hydrogen) atoms. The number of halogens is 3. The Bertz CT molecular complexity index is 1020. The Morgan fingerprint density at radius 2 is 2.07 bits per heavy atom. The van der Waals surface area contributed by atoms with Gasteiger partial charge < -0.3 is 15.5 Å². The van der Waals surface area contributed by atoms with Crippen LogP contribution in [0.5, 0.6) is 0 Å². The van der Waals surface area contributed by atoms with Crippen molar-refractivity contribution in [2.24, 2.45) is 0 Å². The maximum Gasteiger partial charge on any atom is 0.417 e. The van der Waals surface area contributed by atoms with E-state index in [1.807, 2.05) is 4.90 Å². The molecule has 3 aromatic rings. The number of amides is 1. The van der Waals surface area contributed by atoms with E-state index in [4.69, 9.17) is 0 Å². The number of fused-ring (bicyclic) bond motifs is 1. The summed E-state index contributed by atoms with van der Waals surface area (Å²) in [5.41, 5.74) is -0.462. The van der Waals surface area contributed by atoms with Crippen LogP contribution in [0.3, 0.4) is 0 Å². The fourth-order valence-electron chi connectivity index (χ4n) is 2.81. The number of hydrogen-bond donors (Lipinski definition) is 2. The van der Waals surface area contributed by atoms with Gasteiger partial charge in [0.25, 0.3) is 0 Å². The van der Waals surface area contributed by atoms with Crippen LogP contribution in [0.25, 0.3) is 10.3 Å². The van der Waals surface area contributed by atoms with Gasteiger partial charge in [-0.1, -0.05) is 22.7 Å². The van der Waals surface area contributed by atoms with E-state index in [9.17, 15) is 18.0 Å². The number of thiazole rings is 1. The largest absolute Gasteiger partial charge is 0.417 e. The van der Waals surface area contributed by atoms with Crippen molar-refractivity contribution < 1.29 is 18.0 Å². The van der Waals surface area contributed by atoms with Gasteiger partial charge in [-0.05, 0) is 12.5 Å². The Labute approximate surface area is 164 Å². The molecule has 0 spiro atoms. The molecule has 4 rings (SSSR count). The number of hydrogen-bond acceptors (Lipinski definition) is 9. The predicted molar refractivity (Wildman–Crippen MR) is 101 cm³/mol. The number of anilines is 3. The minimum absolute atomic E-state index is 0.0869. The van der Waals surface area contributed by atoms with Gasteiger partial charge in [0.2, 0.25) is 16.2 Å². The first kappa shape index (κ1) is 18.8. The number of aromatic nitrogens is 4. The first-order valence-electron chi connectivity index (χ1n) is 8.24. The monoisotopic (exact) mass is 429 g/mol. The van der Waals surface area contributed by atoms with Gasteiger partial charge >= 0.3 is 6.18 Å². The highest BCUT2D eigenvalue weighted by Crippen LogP contribution is 2.35. The lowest BCUT2D eigenvalue weighted by Crippen LogP contribution is -2.25. The number of nitrogens with one attached hydrogen (secondary N) is 2. The van der Waals surface area contributed by atoms with Crippen molar-refractivity contribution in [3.8, 4) is 0 Å². The van der Waals surface area contributed by atoms with Crippen molar-refractivity contribution in [2.75, 3.05) is 28.6 Å². The zero-order chi connectivity index (χ0) is 19.9. The molecule has 0 radical (unpaired) electrons. The van der Waals surface area contributed by atoms with Crippen LogP contribution in [-0.2, 0) is 11.0 Å². The summed E-state index contributed by atoms with van der Waals surface area (Å²) in [5.74, 6) is -0.215. The van der Waals surface area contributed by atoms with Crippen molar-refractivity contribution in [1.29, 1.82) is 0 Å². The molecule has 0 aromatic carbocycles. The summed E-state index contributed by atoms with van der Waals surface area (Å²) < 4.78 is 38.9. The van der Waals surface area contributed by atoms with Crippen LogP contribution in [0.1, 0.15) is 18.9 Å². The summed E-state index contributed by atoms with van der Waals surface area (Å²) in [6.45, 7) is 2.73. The second-order valence-electron chi connectivity index (χ2n) is 6.21. The van der Waals surface area contributed by atoms with Crippen LogP contribution in [0.15, 0.2) is 12.3 Å². The van der Waals surface area contributed by atoms with E-state index in [0.717, 1.165) is 18.7 Å². The van der Waals surface area contributed by atoms with Gasteiger partial charge in [-0.15, -0.1) is 10.2 Å². The Balaban J connectivity index is 1.43. The smallest absolute Gasteiger partial charge is 0.355 e. The zero-order valence-corrected chi connectivity index (χ0v) is 16.1. The fourth-order valence-corrected chi connectivity index (χ4v) is 4.57. The van der Waals surface area contributed by atoms with E-state index >= 15 is 0 Å². The molecule has 0 aliphatic carbocycles. The summed E-state index contributed by atoms with van der Waals surface area (Å²) in [7, 11) is 0. The van der Waals surface area contributed by atoms with Crippen LogP contribution in [-0.4, -0.2) is 45.2 Å². The first-order chi connectivity index (χ1) is 13.3. The Hall–Kier alpha value is -2.54. The van der Waals surface area contributed by atoms with Crippen molar-refractivity contribution >= 4 is 54.3 Å². The third kappa shape index (κ3) is 3.99. The van der Waals surface area contributed by atoms with Crippen molar-refractivity contribution in [3.05, 3.63) is 17.8 Å². The minimum Gasteiger partial charge on any atom is -0.355 e. The second kappa shape index (κ2) is 7.13. The van der Waals surface area contributed by atoms with Gasteiger partial charge in [0, 0.05) is 32.3 Å². The van der Waals surface area contributed by atoms with Crippen molar-refractivity contribution in [1.82, 2.24) is 20.2 Å². The SMILES string of the molecule is CC(=O)Nc1nnc(NC2CCN(c3nc4ncc(C(F)(F)F)cc4s3)C2)s1. The molecule has 0 bridgehead atoms. The summed E-state index contributed by atoms with van der Waals surface area (Å²) in [6, 6.07) is 1.17. The molecular weight excluding hydrogens is 415 g/mol. The zero-order valence-electron chi connectivity index (χ0n) is 14.4. The molecule has 13 heteroatoms. The third-order valence-electron chi connectivity index (χ3n) is 4.06. The molecular formula is C15H14F3N7OS2. The lowest BCUT2D eigenvalue weighted by molar-refractivity contribution is -0.137. The van der Waals surface area contributed by atoms with Gasteiger partial charge in [0.15, 0.2) is 10.8 Å². The van der Waals surface area contributed by atoms with Gasteiger partial charge in [-0.3, -0.25) is 4.79 Å². The molecule has 1 atom stereocenters. The molecule has 8 nitrogen and oxygen atoms in total. The van der Waals surface area contributed by atoms with Crippen molar-refractivity contribution in [3.63, 3.8) is 0 Å². The quantitative estimate of drug-likeness (QED) is 0.657. The van der Waals surface area contributed by atoms with Gasteiger partial charge in [0.05, 0.1) is 10.3 Å². The van der Waals surface area contributed by atoms with Crippen LogP contribution < -0.4 is 15.5 Å². The highest BCUT2D eigenvalue weighted by molar-refractivity contribution is 7.22. The molecule has 148 valence electrons. The standard InChI is InChI=1S/C15H14F3N7OS2/c1-7(26)20-12-23-24-13(28-12)21-9-2-3-25(6-9)14-22-11-10(27-14)4-8(5-19-11)15(16,17)18/h4-5,9H,2-3,6H2,1H3,(H,21,24)(H,20,23,26). The molecule has 1 saturated heterocycles. The fraction of sp³-hybridized carbons (Fsp3) is 0.400. The molecule has 0 saturated carbocycles. The second-order valence-corrected chi connectivity index (χ2v) is 8.20. The van der Waals surface area contributed by atoms with Gasteiger partial charge in [-0.25, -0.2) is 4.98 Å². The third-order valence-corrected chi connectivity index (χ3v) is 5.88. The highest BCUT2D eigenvalue weighted by atomic mass is 32.1. The van der Waals surface area contributed by atoms with Gasteiger partial charge in [0.1, 0.15) is 0 Å². The van der Waals surface area contributed by atoms with Gasteiger partial charge in [-0.2, -0.15) is 18.2 Å². The van der Waals surface area contributed by atoms with E-state index in [0.29, 0.717) is 38.8 Å². The summed E-state index contributed by atoms with van der Waals surface area (Å²) in [6.07, 6.45) is -2.81. The summed E-state index contributed by atoms with van der Waals surface area (Å²) in [4.78, 5) is 21.3. The van der Waals surface area contributed by atoms with E-state index in [2.05, 4.69) is 30.8 Å². The molecule has 1 aliphatic heterocycles. The number of alkyl halides is 3. The van der Waals surface area contributed by atoms with E-state index < -0.39 is 11.7 Å². The maximum atomic E-state index is 12.8. The Morgan fingerprint density at radius 1 is 1.29 bits per heavy atom. The number of carbonyl (C=O) groups is 1. The normalized spacial score (nSPS) is 17.3. The maximum absolute atomic E-state index is 12.8. The average molecular weight is 429 g/mol. The number of nitrogens with zero attached hydrogens (tertiary/aromatic N) is 5. The molecule has 1 unspecified atom stereocenters. The number of rotatable bonds is 4. The predicted octanol–water partition coefficient (Wildman–Crippen LogP) is 3.21.